The zero-order chi connectivity index (χ0) is 11.8. The number of halogens is 1. The van der Waals surface area contributed by atoms with Crippen LogP contribution in [-0.4, -0.2) is 22.0 Å². The molecular formula is C11H14ClNO2S. The van der Waals surface area contributed by atoms with Crippen LogP contribution in [0.3, 0.4) is 0 Å². The van der Waals surface area contributed by atoms with Gasteiger partial charge in [0.1, 0.15) is 0 Å². The summed E-state index contributed by atoms with van der Waals surface area (Å²) in [6.45, 7) is 1.02. The van der Waals surface area contributed by atoms with Crippen LogP contribution >= 0.6 is 10.7 Å². The summed E-state index contributed by atoms with van der Waals surface area (Å²) in [6, 6.07) is 5.76. The van der Waals surface area contributed by atoms with Gasteiger partial charge in [-0.1, -0.05) is 12.1 Å². The van der Waals surface area contributed by atoms with Crippen LogP contribution in [0.15, 0.2) is 18.2 Å². The lowest BCUT2D eigenvalue weighted by atomic mass is 9.97. The van der Waals surface area contributed by atoms with Crippen molar-refractivity contribution in [2.75, 3.05) is 18.5 Å². The molecular weight excluding hydrogens is 246 g/mol. The second kappa shape index (κ2) is 4.26. The van der Waals surface area contributed by atoms with Crippen LogP contribution < -0.4 is 4.90 Å². The van der Waals surface area contributed by atoms with Crippen molar-refractivity contribution in [3.8, 4) is 0 Å². The largest absolute Gasteiger partial charge is 0.374 e. The monoisotopic (exact) mass is 259 g/mol. The molecule has 0 bridgehead atoms. The second-order valence-electron chi connectivity index (χ2n) is 4.12. The SMILES string of the molecule is CN1CCCc2c(CS(=O)(=O)Cl)cccc21. The Balaban J connectivity index is 2.44. The van der Waals surface area contributed by atoms with Crippen molar-refractivity contribution >= 4 is 25.4 Å². The fourth-order valence-electron chi connectivity index (χ4n) is 2.20. The summed E-state index contributed by atoms with van der Waals surface area (Å²) in [4.78, 5) is 2.16. The van der Waals surface area contributed by atoms with Crippen molar-refractivity contribution in [3.05, 3.63) is 29.3 Å². The minimum atomic E-state index is -3.47. The van der Waals surface area contributed by atoms with Gasteiger partial charge in [0.2, 0.25) is 9.05 Å². The van der Waals surface area contributed by atoms with E-state index in [1.807, 2.05) is 25.2 Å². The molecule has 0 atom stereocenters. The highest BCUT2D eigenvalue weighted by Crippen LogP contribution is 2.30. The number of hydrogen-bond donors (Lipinski definition) is 0. The molecule has 0 saturated carbocycles. The van der Waals surface area contributed by atoms with E-state index in [0.717, 1.165) is 36.2 Å². The fourth-order valence-corrected chi connectivity index (χ4v) is 3.20. The Morgan fingerprint density at radius 2 is 2.19 bits per heavy atom. The molecule has 0 spiro atoms. The maximum atomic E-state index is 11.1. The van der Waals surface area contributed by atoms with Gasteiger partial charge in [-0.05, 0) is 30.0 Å². The Morgan fingerprint density at radius 1 is 1.44 bits per heavy atom. The lowest BCUT2D eigenvalue weighted by molar-refractivity contribution is 0.608. The first-order valence-corrected chi connectivity index (χ1v) is 7.69. The molecule has 0 unspecified atom stereocenters. The number of nitrogens with zero attached hydrogens (tertiary/aromatic N) is 1. The molecule has 1 aliphatic rings. The summed E-state index contributed by atoms with van der Waals surface area (Å²) in [5.41, 5.74) is 3.09. The smallest absolute Gasteiger partial charge is 0.236 e. The van der Waals surface area contributed by atoms with Gasteiger partial charge in [-0.2, -0.15) is 0 Å². The van der Waals surface area contributed by atoms with Crippen LogP contribution in [0, 0.1) is 0 Å². The van der Waals surface area contributed by atoms with Crippen LogP contribution in [0.25, 0.3) is 0 Å². The molecule has 2 rings (SSSR count). The number of hydrogen-bond acceptors (Lipinski definition) is 3. The van der Waals surface area contributed by atoms with Gasteiger partial charge in [-0.15, -0.1) is 0 Å². The summed E-state index contributed by atoms with van der Waals surface area (Å²) in [5.74, 6) is -0.0778. The van der Waals surface area contributed by atoms with E-state index in [9.17, 15) is 8.42 Å². The summed E-state index contributed by atoms with van der Waals surface area (Å²) in [6.07, 6.45) is 1.99. The van der Waals surface area contributed by atoms with Crippen molar-refractivity contribution in [2.45, 2.75) is 18.6 Å². The van der Waals surface area contributed by atoms with Crippen LogP contribution in [-0.2, 0) is 21.2 Å². The van der Waals surface area contributed by atoms with Gasteiger partial charge >= 0.3 is 0 Å². The topological polar surface area (TPSA) is 37.4 Å². The molecule has 0 N–H and O–H groups in total. The minimum absolute atomic E-state index is 0.0778. The van der Waals surface area contributed by atoms with E-state index in [1.54, 1.807) is 0 Å². The van der Waals surface area contributed by atoms with Crippen molar-refractivity contribution in [3.63, 3.8) is 0 Å². The Bertz CT molecular complexity index is 499. The number of rotatable bonds is 2. The van der Waals surface area contributed by atoms with Gasteiger partial charge < -0.3 is 4.90 Å². The zero-order valence-electron chi connectivity index (χ0n) is 9.11. The van der Waals surface area contributed by atoms with Crippen LogP contribution in [0.5, 0.6) is 0 Å². The van der Waals surface area contributed by atoms with E-state index in [1.165, 1.54) is 0 Å². The first-order chi connectivity index (χ1) is 7.47. The zero-order valence-corrected chi connectivity index (χ0v) is 10.7. The van der Waals surface area contributed by atoms with Gasteiger partial charge in [-0.3, -0.25) is 0 Å². The number of anilines is 1. The molecule has 0 aromatic heterocycles. The van der Waals surface area contributed by atoms with Gasteiger partial charge in [0, 0.05) is 30.0 Å². The Kier molecular flexibility index (Phi) is 3.13. The van der Waals surface area contributed by atoms with Crippen molar-refractivity contribution in [2.24, 2.45) is 0 Å². The highest BCUT2D eigenvalue weighted by Gasteiger charge is 2.19. The van der Waals surface area contributed by atoms with E-state index in [2.05, 4.69) is 4.90 Å². The molecule has 0 fully saturated rings. The van der Waals surface area contributed by atoms with E-state index in [0.29, 0.717) is 0 Å². The molecule has 0 radical (unpaired) electrons. The summed E-state index contributed by atoms with van der Waals surface area (Å²) < 4.78 is 22.2. The van der Waals surface area contributed by atoms with Gasteiger partial charge in [0.25, 0.3) is 0 Å². The molecule has 1 aromatic rings. The normalized spacial score (nSPS) is 16.0. The van der Waals surface area contributed by atoms with Crippen molar-refractivity contribution in [1.82, 2.24) is 0 Å². The minimum Gasteiger partial charge on any atom is -0.374 e. The van der Waals surface area contributed by atoms with Crippen molar-refractivity contribution in [1.29, 1.82) is 0 Å². The van der Waals surface area contributed by atoms with Gasteiger partial charge in [-0.25, -0.2) is 8.42 Å². The average Bonchev–Trinajstić information content (AvgIpc) is 2.17. The molecule has 1 aliphatic heterocycles. The Morgan fingerprint density at radius 3 is 2.88 bits per heavy atom. The Hall–Kier alpha value is -0.740. The molecule has 0 aliphatic carbocycles. The summed E-state index contributed by atoms with van der Waals surface area (Å²) in [5, 5.41) is 0. The highest BCUT2D eigenvalue weighted by atomic mass is 35.7. The summed E-state index contributed by atoms with van der Waals surface area (Å²) >= 11 is 0. The van der Waals surface area contributed by atoms with E-state index in [-0.39, 0.29) is 5.75 Å². The first-order valence-electron chi connectivity index (χ1n) is 5.21. The number of fused-ring (bicyclic) bond motifs is 1. The molecule has 1 heterocycles. The predicted octanol–water partition coefficient (Wildman–Crippen LogP) is 2.14. The summed E-state index contributed by atoms with van der Waals surface area (Å²) in [7, 11) is 3.86. The highest BCUT2D eigenvalue weighted by molar-refractivity contribution is 8.13. The molecule has 0 saturated heterocycles. The van der Waals surface area contributed by atoms with Gasteiger partial charge in [0.15, 0.2) is 0 Å². The molecule has 88 valence electrons. The lowest BCUT2D eigenvalue weighted by Crippen LogP contribution is -2.25. The van der Waals surface area contributed by atoms with E-state index >= 15 is 0 Å². The quantitative estimate of drug-likeness (QED) is 0.764. The maximum absolute atomic E-state index is 11.1. The molecule has 5 heteroatoms. The van der Waals surface area contributed by atoms with Crippen molar-refractivity contribution < 1.29 is 8.42 Å². The molecule has 16 heavy (non-hydrogen) atoms. The van der Waals surface area contributed by atoms with E-state index < -0.39 is 9.05 Å². The molecule has 1 aromatic carbocycles. The maximum Gasteiger partial charge on any atom is 0.236 e. The van der Waals surface area contributed by atoms with Crippen LogP contribution in [0.4, 0.5) is 5.69 Å². The number of benzene rings is 1. The predicted molar refractivity (Wildman–Crippen MR) is 66.5 cm³/mol. The third kappa shape index (κ3) is 2.50. The first kappa shape index (κ1) is 11.7. The Labute approximate surface area is 100 Å². The lowest BCUT2D eigenvalue weighted by Gasteiger charge is -2.28. The van der Waals surface area contributed by atoms with Crippen LogP contribution in [0.2, 0.25) is 0 Å². The second-order valence-corrected chi connectivity index (χ2v) is 6.90. The molecule has 3 nitrogen and oxygen atoms in total. The van der Waals surface area contributed by atoms with Crippen LogP contribution in [0.1, 0.15) is 17.5 Å². The standard InChI is InChI=1S/C11H14ClNO2S/c1-13-7-3-5-10-9(8-16(12,14)15)4-2-6-11(10)13/h2,4,6H,3,5,7-8H2,1H3. The average molecular weight is 260 g/mol. The fraction of sp³-hybridized carbons (Fsp3) is 0.455. The van der Waals surface area contributed by atoms with Gasteiger partial charge in [0.05, 0.1) is 5.75 Å². The molecule has 0 amide bonds. The third-order valence-corrected chi connectivity index (χ3v) is 3.89. The third-order valence-electron chi connectivity index (χ3n) is 2.91. The van der Waals surface area contributed by atoms with E-state index in [4.69, 9.17) is 10.7 Å².